The fraction of sp³-hybridized carbons (Fsp3) is 0.393. The predicted octanol–water partition coefficient (Wildman–Crippen LogP) is 6.47. The van der Waals surface area contributed by atoms with E-state index < -0.39 is 11.8 Å². The van der Waals surface area contributed by atoms with E-state index in [0.29, 0.717) is 45.0 Å². The van der Waals surface area contributed by atoms with Crippen LogP contribution in [0.4, 0.5) is 10.1 Å². The largest absolute Gasteiger partial charge is 0.383 e. The number of pyridine rings is 2. The van der Waals surface area contributed by atoms with Crippen LogP contribution in [0.3, 0.4) is 0 Å². The Morgan fingerprint density at radius 3 is 2.51 bits per heavy atom. The molecule has 7 nitrogen and oxygen atoms in total. The molecule has 1 aromatic carbocycles. The van der Waals surface area contributed by atoms with Gasteiger partial charge in [0.25, 0.3) is 0 Å². The van der Waals surface area contributed by atoms with Crippen LogP contribution in [-0.4, -0.2) is 31.5 Å². The maximum atomic E-state index is 13.7. The number of hydrogen-bond donors (Lipinski definition) is 1. The minimum Gasteiger partial charge on any atom is -0.383 e. The average Bonchev–Trinajstić information content (AvgIpc) is 3.34. The summed E-state index contributed by atoms with van der Waals surface area (Å²) in [6.45, 7) is 12.9. The Balaban J connectivity index is 1.87. The molecule has 0 fully saturated rings. The number of fused-ring (bicyclic) bond motifs is 1. The first kappa shape index (κ1) is 25.1. The molecule has 0 aliphatic carbocycles. The molecule has 0 aliphatic heterocycles. The van der Waals surface area contributed by atoms with E-state index in [1.165, 1.54) is 18.5 Å². The normalized spacial score (nSPS) is 14.2. The van der Waals surface area contributed by atoms with Gasteiger partial charge in [-0.05, 0) is 61.9 Å². The van der Waals surface area contributed by atoms with E-state index in [1.54, 1.807) is 23.0 Å². The Labute approximate surface area is 223 Å². The van der Waals surface area contributed by atoms with E-state index >= 15 is 0 Å². The van der Waals surface area contributed by atoms with Gasteiger partial charge < -0.3 is 5.32 Å². The summed E-state index contributed by atoms with van der Waals surface area (Å²) in [7, 11) is 0. The molecule has 0 spiro atoms. The number of nitrogens with one attached hydrogen (secondary N) is 1. The van der Waals surface area contributed by atoms with Crippen molar-refractivity contribution in [1.29, 1.82) is 5.26 Å². The third-order valence-corrected chi connectivity index (χ3v) is 6.14. The van der Waals surface area contributed by atoms with Crippen LogP contribution in [0.15, 0.2) is 42.9 Å². The summed E-state index contributed by atoms with van der Waals surface area (Å²) in [6, 6.07) is 8.66. The first-order valence-corrected chi connectivity index (χ1v) is 12.4. The van der Waals surface area contributed by atoms with E-state index in [4.69, 9.17) is 11.6 Å². The molecule has 4 aromatic rings. The van der Waals surface area contributed by atoms with E-state index in [9.17, 15) is 11.0 Å². The molecule has 0 saturated carbocycles. The van der Waals surface area contributed by atoms with Crippen molar-refractivity contribution in [3.05, 3.63) is 76.2 Å². The minimum absolute atomic E-state index is 0.0332. The van der Waals surface area contributed by atoms with Gasteiger partial charge in [0.15, 0.2) is 0 Å². The molecule has 9 heteroatoms. The van der Waals surface area contributed by atoms with Crippen molar-refractivity contribution in [2.75, 3.05) is 11.9 Å². The van der Waals surface area contributed by atoms with Crippen molar-refractivity contribution >= 4 is 28.2 Å². The average molecular weight is 521 g/mol. The van der Waals surface area contributed by atoms with Crippen molar-refractivity contribution in [2.24, 2.45) is 5.41 Å². The van der Waals surface area contributed by atoms with Crippen LogP contribution in [0.5, 0.6) is 0 Å². The van der Waals surface area contributed by atoms with E-state index in [2.05, 4.69) is 52.4 Å². The van der Waals surface area contributed by atoms with E-state index in [0.717, 1.165) is 5.56 Å². The van der Waals surface area contributed by atoms with E-state index in [-0.39, 0.29) is 17.4 Å². The lowest BCUT2D eigenvalue weighted by atomic mass is 9.89. The zero-order chi connectivity index (χ0) is 27.9. The first-order valence-electron chi connectivity index (χ1n) is 12.5. The Kier molecular flexibility index (Phi) is 6.82. The van der Waals surface area contributed by atoms with Crippen LogP contribution in [0.2, 0.25) is 5.02 Å². The number of benzene rings is 1. The molecule has 0 aliphatic rings. The number of nitrogens with zero attached hydrogens (tertiary/aromatic N) is 6. The Morgan fingerprint density at radius 1 is 1.16 bits per heavy atom. The van der Waals surface area contributed by atoms with Crippen LogP contribution in [0, 0.1) is 22.7 Å². The molecule has 1 N–H and O–H groups in total. The summed E-state index contributed by atoms with van der Waals surface area (Å²) in [4.78, 5) is 8.23. The third kappa shape index (κ3) is 6.05. The number of aromatic nitrogens is 5. The van der Waals surface area contributed by atoms with Gasteiger partial charge in [-0.3, -0.25) is 4.98 Å². The predicted molar refractivity (Wildman–Crippen MR) is 144 cm³/mol. The Morgan fingerprint density at radius 2 is 1.92 bits per heavy atom. The maximum Gasteiger partial charge on any atom is 0.212 e. The lowest BCUT2D eigenvalue weighted by Gasteiger charge is -2.22. The fourth-order valence-electron chi connectivity index (χ4n) is 3.88. The lowest BCUT2D eigenvalue weighted by molar-refractivity contribution is 0.347. The van der Waals surface area contributed by atoms with Crippen molar-refractivity contribution < 1.29 is 5.76 Å². The molecule has 0 bridgehead atoms. The summed E-state index contributed by atoms with van der Waals surface area (Å²) in [5.41, 5.74) is 2.82. The number of anilines is 1. The zero-order valence-corrected chi connectivity index (χ0v) is 22.7. The monoisotopic (exact) mass is 520 g/mol. The molecule has 37 heavy (non-hydrogen) atoms. The molecule has 0 amide bonds. The molecular formula is C28H31ClFN7. The summed E-state index contributed by atoms with van der Waals surface area (Å²) < 4.78 is 25.0. The van der Waals surface area contributed by atoms with Gasteiger partial charge in [0.1, 0.15) is 6.07 Å². The summed E-state index contributed by atoms with van der Waals surface area (Å²) in [5.74, 6) is -2.08. The van der Waals surface area contributed by atoms with Gasteiger partial charge in [0.2, 0.25) is 5.95 Å². The van der Waals surface area contributed by atoms with Crippen LogP contribution < -0.4 is 5.32 Å². The van der Waals surface area contributed by atoms with Crippen LogP contribution in [0.25, 0.3) is 10.9 Å². The van der Waals surface area contributed by atoms with Crippen LogP contribution >= 0.6 is 11.6 Å². The zero-order valence-electron chi connectivity index (χ0n) is 22.9. The number of nitriles is 1. The number of hydrogen-bond acceptors (Lipinski definition) is 6. The van der Waals surface area contributed by atoms with Gasteiger partial charge in [-0.2, -0.15) is 9.65 Å². The highest BCUT2D eigenvalue weighted by atomic mass is 35.5. The second kappa shape index (κ2) is 10.1. The molecule has 0 radical (unpaired) electrons. The number of rotatable bonds is 6. The highest BCUT2D eigenvalue weighted by Gasteiger charge is 2.24. The maximum absolute atomic E-state index is 13.7. The van der Waals surface area contributed by atoms with Crippen LogP contribution in [-0.2, 0) is 12.0 Å². The van der Waals surface area contributed by atoms with Gasteiger partial charge in [-0.25, -0.2) is 9.67 Å². The molecule has 1 atom stereocenters. The van der Waals surface area contributed by atoms with Crippen molar-refractivity contribution in [2.45, 2.75) is 59.4 Å². The van der Waals surface area contributed by atoms with Crippen LogP contribution in [0.1, 0.15) is 71.2 Å². The van der Waals surface area contributed by atoms with Gasteiger partial charge in [0.05, 0.1) is 33.0 Å². The standard InChI is InChI=1S/C28H31ClFN7/c1-27(2,3)16-34-25-19(12-31)14-33-26-21(25)10-17(11-22(26)29)9-20(18-7-8-24(30)32-13-18)23-15-37(36-35-23)28(4,5)6/h7-8,10-11,13-15,20H,9,16H2,1-6H3,(H,33,34)/t20-/m1/s1/i20D. The van der Waals surface area contributed by atoms with Crippen molar-refractivity contribution in [1.82, 2.24) is 25.0 Å². The van der Waals surface area contributed by atoms with E-state index in [1.807, 2.05) is 26.8 Å². The topological polar surface area (TPSA) is 92.3 Å². The molecule has 3 heterocycles. The number of halogens is 2. The lowest BCUT2D eigenvalue weighted by Crippen LogP contribution is -2.22. The van der Waals surface area contributed by atoms with Gasteiger partial charge in [-0.15, -0.1) is 5.10 Å². The smallest absolute Gasteiger partial charge is 0.212 e. The SMILES string of the molecule is [2H][C@@](Cc1cc(Cl)c2ncc(C#N)c(NCC(C)(C)C)c2c1)(c1ccc(F)nc1)c1cn(C(C)(C)C)nn1. The van der Waals surface area contributed by atoms with Gasteiger partial charge >= 0.3 is 0 Å². The summed E-state index contributed by atoms with van der Waals surface area (Å²) in [6.07, 6.45) is 4.76. The van der Waals surface area contributed by atoms with Crippen molar-refractivity contribution in [3.63, 3.8) is 0 Å². The molecule has 4 rings (SSSR count). The summed E-state index contributed by atoms with van der Waals surface area (Å²) >= 11 is 6.70. The molecule has 0 saturated heterocycles. The fourth-order valence-corrected chi connectivity index (χ4v) is 4.17. The highest BCUT2D eigenvalue weighted by molar-refractivity contribution is 6.35. The molecular weight excluding hydrogens is 489 g/mol. The second-order valence-corrected chi connectivity index (χ2v) is 11.7. The van der Waals surface area contributed by atoms with Gasteiger partial charge in [-0.1, -0.05) is 43.7 Å². The summed E-state index contributed by atoms with van der Waals surface area (Å²) in [5, 5.41) is 22.9. The molecule has 0 unspecified atom stereocenters. The highest BCUT2D eigenvalue weighted by Crippen LogP contribution is 2.35. The molecule has 3 aromatic heterocycles. The second-order valence-electron chi connectivity index (χ2n) is 11.3. The van der Waals surface area contributed by atoms with Crippen molar-refractivity contribution in [3.8, 4) is 6.07 Å². The molecule has 192 valence electrons. The third-order valence-electron chi connectivity index (χ3n) is 5.85. The van der Waals surface area contributed by atoms with Gasteiger partial charge in [0, 0.05) is 37.8 Å². The minimum atomic E-state index is -1.44. The Bertz CT molecular complexity index is 1510. The quantitative estimate of drug-likeness (QED) is 0.293. The Hall–Kier alpha value is -3.57. The first-order chi connectivity index (χ1) is 17.7.